The van der Waals surface area contributed by atoms with Gasteiger partial charge in [0.2, 0.25) is 0 Å². The second kappa shape index (κ2) is 27.0. The summed E-state index contributed by atoms with van der Waals surface area (Å²) in [5.41, 5.74) is 0. The van der Waals surface area contributed by atoms with Gasteiger partial charge in [-0.2, -0.15) is 0 Å². The van der Waals surface area contributed by atoms with Crippen LogP contribution in [0, 0.1) is 18.8 Å². The number of thiophene rings is 3. The molecule has 0 aliphatic rings. The fourth-order valence-electron chi connectivity index (χ4n) is 3.89. The molecule has 293 valence electrons. The fourth-order valence-corrected chi connectivity index (χ4v) is 7.60. The normalized spacial score (nSPS) is 10.8. The predicted octanol–water partition coefficient (Wildman–Crippen LogP) is 11.0. The van der Waals surface area contributed by atoms with Crippen LogP contribution in [0.4, 0.5) is 0 Å². The molecule has 2 aromatic carbocycles. The van der Waals surface area contributed by atoms with Crippen molar-refractivity contribution >= 4 is 140 Å². The molecule has 0 saturated carbocycles. The first-order chi connectivity index (χ1) is 25.1. The number of Topliss-reactive ketones (excluding diaryl/α,β-unsaturated/α-hetero) is 1. The van der Waals surface area contributed by atoms with Gasteiger partial charge in [-0.05, 0) is 102 Å². The Labute approximate surface area is 374 Å². The van der Waals surface area contributed by atoms with Crippen LogP contribution in [0.15, 0.2) is 62.9 Å². The Morgan fingerprint density at radius 1 is 0.796 bits per heavy atom. The summed E-state index contributed by atoms with van der Waals surface area (Å²) in [6.45, 7) is 6.81. The van der Waals surface area contributed by atoms with Crippen LogP contribution in [0.3, 0.4) is 0 Å². The van der Waals surface area contributed by atoms with Crippen LogP contribution in [0.2, 0.25) is 0 Å². The first-order valence-corrected chi connectivity index (χ1v) is 26.3. The van der Waals surface area contributed by atoms with E-state index < -0.39 is 17.1 Å². The summed E-state index contributed by atoms with van der Waals surface area (Å²) >= 11 is 20.5. The average Bonchev–Trinajstić information content (AvgIpc) is 3.92. The van der Waals surface area contributed by atoms with Crippen LogP contribution in [0.5, 0.6) is 11.5 Å². The molecule has 2 atom stereocenters. The zero-order valence-corrected chi connectivity index (χ0v) is 41.5. The molecule has 1 radical (unpaired) electrons. The first-order valence-electron chi connectivity index (χ1n) is 14.9. The molecule has 19 heteroatoms. The zero-order chi connectivity index (χ0) is 40.4. The van der Waals surface area contributed by atoms with Gasteiger partial charge in [0.25, 0.3) is 11.2 Å². The number of ether oxygens (including phenoxy) is 4. The van der Waals surface area contributed by atoms with Crippen molar-refractivity contribution in [3.8, 4) is 11.5 Å². The second-order valence-electron chi connectivity index (χ2n) is 10.3. The van der Waals surface area contributed by atoms with E-state index in [9.17, 15) is 24.0 Å². The summed E-state index contributed by atoms with van der Waals surface area (Å²) in [6.07, 6.45) is 0.151. The third-order valence-corrected chi connectivity index (χ3v) is 11.1. The van der Waals surface area contributed by atoms with Gasteiger partial charge in [0.05, 0.1) is 53.1 Å². The summed E-state index contributed by atoms with van der Waals surface area (Å²) in [7, 11) is 5.88. The minimum absolute atomic E-state index is 0. The van der Waals surface area contributed by atoms with Crippen molar-refractivity contribution in [2.75, 3.05) is 28.4 Å². The van der Waals surface area contributed by atoms with Gasteiger partial charge in [-0.3, -0.25) is 19.2 Å². The van der Waals surface area contributed by atoms with E-state index in [1.165, 1.54) is 64.6 Å². The number of ketones is 1. The number of benzene rings is 2. The molecule has 0 aliphatic heterocycles. The molecule has 5 rings (SSSR count). The van der Waals surface area contributed by atoms with Gasteiger partial charge in [-0.15, -0.1) is 34.0 Å². The number of hydrogen-bond acceptors (Lipinski definition) is 12. The molecule has 5 aromatic rings. The minimum atomic E-state index is -0.847. The van der Waals surface area contributed by atoms with Crippen LogP contribution in [0.25, 0.3) is 20.2 Å². The summed E-state index contributed by atoms with van der Waals surface area (Å²) in [5, 5.41) is 11.6. The topological polar surface area (TPSA) is 142 Å². The quantitative estimate of drug-likeness (QED) is 0.0498. The van der Waals surface area contributed by atoms with Crippen molar-refractivity contribution in [3.05, 3.63) is 84.4 Å². The molecule has 3 heterocycles. The number of esters is 2. The summed E-state index contributed by atoms with van der Waals surface area (Å²) < 4.78 is 23.0. The molecule has 0 spiro atoms. The Morgan fingerprint density at radius 3 is 1.59 bits per heavy atom. The monoisotopic (exact) mass is 1110 g/mol. The second-order valence-corrected chi connectivity index (χ2v) is 15.5. The van der Waals surface area contributed by atoms with Crippen molar-refractivity contribution < 1.29 is 81.4 Å². The van der Waals surface area contributed by atoms with Gasteiger partial charge >= 0.3 is 41.9 Å². The van der Waals surface area contributed by atoms with Gasteiger partial charge < -0.3 is 31.0 Å². The van der Waals surface area contributed by atoms with E-state index in [0.717, 1.165) is 40.6 Å². The Bertz CT molecular complexity index is 1990. The molecular weight excluding hydrogens is 1080 g/mol. The number of methoxy groups -OCH3 is 4. The zero-order valence-electron chi connectivity index (χ0n) is 29.6. The van der Waals surface area contributed by atoms with E-state index >= 15 is 0 Å². The van der Waals surface area contributed by atoms with Gasteiger partial charge in [0.15, 0.2) is 5.78 Å². The molecule has 3 aromatic heterocycles. The molecule has 0 amide bonds. The van der Waals surface area contributed by atoms with E-state index in [2.05, 4.69) is 61.9 Å². The van der Waals surface area contributed by atoms with Crippen molar-refractivity contribution in [1.82, 2.24) is 0 Å². The number of carbonyl (C=O) groups is 5. The Hall–Kier alpha value is -1.72. The van der Waals surface area contributed by atoms with Crippen molar-refractivity contribution in [2.24, 2.45) is 11.8 Å². The van der Waals surface area contributed by atoms with Crippen LogP contribution in [0.1, 0.15) is 49.3 Å². The Kier molecular flexibility index (Phi) is 26.2. The van der Waals surface area contributed by atoms with E-state index in [1.54, 1.807) is 51.6 Å². The Balaban J connectivity index is 0.000000741. The van der Waals surface area contributed by atoms with Crippen molar-refractivity contribution in [1.29, 1.82) is 0 Å². The molecule has 10 nitrogen and oxygen atoms in total. The third kappa shape index (κ3) is 16.8. The number of halogens is 4. The number of hydrogen-bond donors (Lipinski definition) is 1. The third-order valence-electron chi connectivity index (χ3n) is 6.48. The van der Waals surface area contributed by atoms with Gasteiger partial charge in [0, 0.05) is 32.9 Å². The maximum absolute atomic E-state index is 12.2. The van der Waals surface area contributed by atoms with Crippen LogP contribution < -0.4 is 9.47 Å². The standard InChI is InChI=1S/C15H15BrO4S.C10H6BrClO2S.C5H4O2S.C5H9O2.BrH.Cu.Zn/c1-8(15(18)20-3)4-11(17)14-6-9-5-10(16)12(19-2)7-13(9)21-14;1-14-7-4-8-5(2-6(7)11)3-9(15-8)10(12)13;6-5(7)4-2-1-3-8-4;1-4(2)5(6)7-3;;;/h5-8H,4H2,1-3H3;2-4H,1H3;1-3H,(H,6,7);4H,1H2,2-3H3;1H;;/q;;;-1;;;+2/p-1/t8-;;;4-;;;/m0..1.../s1. The van der Waals surface area contributed by atoms with E-state index in [0.29, 0.717) is 14.6 Å². The summed E-state index contributed by atoms with van der Waals surface area (Å²) in [4.78, 5) is 56.5. The molecule has 54 heavy (non-hydrogen) atoms. The van der Waals surface area contributed by atoms with Crippen LogP contribution in [-0.4, -0.2) is 62.5 Å². The van der Waals surface area contributed by atoms with Gasteiger partial charge in [0.1, 0.15) is 16.4 Å². The number of rotatable bonds is 9. The molecule has 0 saturated heterocycles. The molecule has 1 N–H and O–H groups in total. The average molecular weight is 1110 g/mol. The fraction of sp³-hybridized carbons (Fsp3) is 0.257. The first kappa shape index (κ1) is 52.3. The van der Waals surface area contributed by atoms with Crippen LogP contribution in [-0.2, 0) is 52.5 Å². The number of carboxylic acids is 1. The summed E-state index contributed by atoms with van der Waals surface area (Å²) in [5.74, 6) is -0.735. The molecule has 0 unspecified atom stereocenters. The number of aromatic carboxylic acids is 1. The number of carbonyl (C=O) groups excluding carboxylic acids is 4. The van der Waals surface area contributed by atoms with E-state index in [1.807, 2.05) is 30.3 Å². The molecule has 0 aliphatic carbocycles. The SMILES string of the molecule is COC(=O)[C@@H](C)CC(=O)c1cc2cc(Br)c(OC)cc2s1.COc1cc2sc(C(=O)Cl)cc2cc1Br.O=C(O)c1cccs1.[CH2-][C@H](C)C(=O)OC.[Cu].[Zn+][Br]. The van der Waals surface area contributed by atoms with Crippen molar-refractivity contribution in [3.63, 3.8) is 0 Å². The summed E-state index contributed by atoms with van der Waals surface area (Å²) in [6, 6.07) is 14.5. The molecule has 0 bridgehead atoms. The van der Waals surface area contributed by atoms with E-state index in [-0.39, 0.29) is 47.1 Å². The van der Waals surface area contributed by atoms with E-state index in [4.69, 9.17) is 26.2 Å². The number of carboxylic acid groups (broad SMARTS) is 1. The predicted molar refractivity (Wildman–Crippen MR) is 219 cm³/mol. The molecule has 0 fully saturated rings. The maximum atomic E-state index is 12.2. The van der Waals surface area contributed by atoms with Crippen molar-refractivity contribution in [2.45, 2.75) is 20.3 Å². The molecular formula is C35H34Br3ClCuO10S3Zn. The van der Waals surface area contributed by atoms with Gasteiger partial charge in [-0.25, -0.2) is 4.79 Å². The van der Waals surface area contributed by atoms with Crippen LogP contribution >= 0.6 is 91.1 Å². The Morgan fingerprint density at radius 2 is 1.26 bits per heavy atom. The van der Waals surface area contributed by atoms with Gasteiger partial charge in [-0.1, -0.05) is 25.8 Å². The number of fused-ring (bicyclic) bond motifs is 2.